The van der Waals surface area contributed by atoms with E-state index in [-0.39, 0.29) is 0 Å². The molecule has 0 saturated heterocycles. The minimum Gasteiger partial charge on any atom is -0.379 e. The van der Waals surface area contributed by atoms with Crippen LogP contribution in [0, 0.1) is 17.8 Å². The smallest absolute Gasteiger partial charge is 0.0575 e. The molecule has 1 aliphatic carbocycles. The highest BCUT2D eigenvalue weighted by Gasteiger charge is 2.19. The molecule has 2 aromatic rings. The van der Waals surface area contributed by atoms with Gasteiger partial charge in [0.2, 0.25) is 0 Å². The molecule has 3 rings (SSSR count). The lowest BCUT2D eigenvalue weighted by atomic mass is 9.87. The second-order valence-electron chi connectivity index (χ2n) is 7.65. The highest BCUT2D eigenvalue weighted by molar-refractivity contribution is 5.64. The predicted octanol–water partition coefficient (Wildman–Crippen LogP) is 6.98. The van der Waals surface area contributed by atoms with Gasteiger partial charge in [-0.05, 0) is 67.9 Å². The Kier molecular flexibility index (Phi) is 7.52. The predicted molar refractivity (Wildman–Crippen MR) is 119 cm³/mol. The zero-order chi connectivity index (χ0) is 19.8. The molecule has 1 atom stereocenters. The van der Waals surface area contributed by atoms with E-state index >= 15 is 0 Å². The van der Waals surface area contributed by atoms with E-state index in [1.807, 2.05) is 6.08 Å². The molecule has 0 N–H and O–H groups in total. The Bertz CT molecular complexity index is 796. The van der Waals surface area contributed by atoms with Crippen molar-refractivity contribution in [2.45, 2.75) is 58.0 Å². The van der Waals surface area contributed by atoms with Crippen LogP contribution < -0.4 is 0 Å². The van der Waals surface area contributed by atoms with Crippen molar-refractivity contribution < 1.29 is 4.74 Å². The van der Waals surface area contributed by atoms with Crippen molar-refractivity contribution in [3.63, 3.8) is 0 Å². The molecule has 1 heteroatoms. The molecular formula is C27H32O. The Balaban J connectivity index is 1.61. The van der Waals surface area contributed by atoms with Crippen LogP contribution in [0.15, 0.2) is 61.2 Å². The van der Waals surface area contributed by atoms with E-state index in [4.69, 9.17) is 4.74 Å². The first-order valence-corrected chi connectivity index (χ1v) is 10.7. The van der Waals surface area contributed by atoms with Crippen molar-refractivity contribution in [1.82, 2.24) is 0 Å². The van der Waals surface area contributed by atoms with Crippen LogP contribution in [0.2, 0.25) is 0 Å². The van der Waals surface area contributed by atoms with Gasteiger partial charge in [0, 0.05) is 24.0 Å². The molecule has 0 aliphatic heterocycles. The minimum absolute atomic E-state index is 0.440. The third-order valence-electron chi connectivity index (χ3n) is 5.78. The maximum Gasteiger partial charge on any atom is 0.0575 e. The van der Waals surface area contributed by atoms with Crippen LogP contribution in [-0.2, 0) is 4.74 Å². The lowest BCUT2D eigenvalue weighted by molar-refractivity contribution is 0.0310. The first-order valence-electron chi connectivity index (χ1n) is 10.7. The summed E-state index contributed by atoms with van der Waals surface area (Å²) in [6.45, 7) is 9.04. The fourth-order valence-corrected chi connectivity index (χ4v) is 4.00. The van der Waals surface area contributed by atoms with Gasteiger partial charge in [0.05, 0.1) is 6.10 Å². The van der Waals surface area contributed by atoms with E-state index in [1.54, 1.807) is 0 Å². The van der Waals surface area contributed by atoms with E-state index in [9.17, 15) is 0 Å². The second kappa shape index (κ2) is 10.3. The largest absolute Gasteiger partial charge is 0.379 e. The van der Waals surface area contributed by atoms with Gasteiger partial charge in [-0.15, -0.1) is 6.58 Å². The van der Waals surface area contributed by atoms with Gasteiger partial charge in [-0.25, -0.2) is 0 Å². The van der Waals surface area contributed by atoms with Gasteiger partial charge in [-0.1, -0.05) is 61.2 Å². The highest BCUT2D eigenvalue weighted by Crippen LogP contribution is 2.27. The first kappa shape index (κ1) is 20.4. The molecule has 1 saturated carbocycles. The number of hydrogen-bond acceptors (Lipinski definition) is 1. The van der Waals surface area contributed by atoms with Crippen LogP contribution in [0.1, 0.15) is 63.0 Å². The van der Waals surface area contributed by atoms with E-state index < -0.39 is 0 Å². The summed E-state index contributed by atoms with van der Waals surface area (Å²) in [6.07, 6.45) is 8.18. The quantitative estimate of drug-likeness (QED) is 0.392. The minimum atomic E-state index is 0.440. The third kappa shape index (κ3) is 5.37. The molecule has 1 aliphatic rings. The van der Waals surface area contributed by atoms with Gasteiger partial charge < -0.3 is 4.74 Å². The van der Waals surface area contributed by atoms with E-state index in [0.29, 0.717) is 17.9 Å². The van der Waals surface area contributed by atoms with Gasteiger partial charge in [0.1, 0.15) is 0 Å². The Morgan fingerprint density at radius 1 is 0.964 bits per heavy atom. The molecule has 0 aromatic heterocycles. The zero-order valence-electron chi connectivity index (χ0n) is 17.3. The number of allylic oxidation sites excluding steroid dienone is 1. The summed E-state index contributed by atoms with van der Waals surface area (Å²) in [5, 5.41) is 0. The van der Waals surface area contributed by atoms with Crippen LogP contribution in [0.4, 0.5) is 0 Å². The Morgan fingerprint density at radius 3 is 2.11 bits per heavy atom. The Labute approximate surface area is 170 Å². The average Bonchev–Trinajstić information content (AvgIpc) is 2.75. The summed E-state index contributed by atoms with van der Waals surface area (Å²) in [4.78, 5) is 0. The molecule has 146 valence electrons. The molecule has 0 amide bonds. The van der Waals surface area contributed by atoms with Crippen LogP contribution in [-0.4, -0.2) is 12.7 Å². The maximum absolute atomic E-state index is 5.73. The molecule has 0 radical (unpaired) electrons. The zero-order valence-corrected chi connectivity index (χ0v) is 17.3. The van der Waals surface area contributed by atoms with E-state index in [1.165, 1.54) is 16.7 Å². The van der Waals surface area contributed by atoms with Crippen molar-refractivity contribution in [2.24, 2.45) is 5.92 Å². The van der Waals surface area contributed by atoms with Crippen molar-refractivity contribution in [3.05, 3.63) is 72.3 Å². The summed E-state index contributed by atoms with van der Waals surface area (Å²) in [5.74, 6) is 7.81. The molecule has 2 aromatic carbocycles. The second-order valence-corrected chi connectivity index (χ2v) is 7.65. The lowest BCUT2D eigenvalue weighted by Crippen LogP contribution is -2.20. The highest BCUT2D eigenvalue weighted by atomic mass is 16.5. The number of hydrogen-bond donors (Lipinski definition) is 0. The van der Waals surface area contributed by atoms with Crippen LogP contribution in [0.25, 0.3) is 11.1 Å². The lowest BCUT2D eigenvalue weighted by Gasteiger charge is -2.25. The van der Waals surface area contributed by atoms with E-state index in [2.05, 4.69) is 80.8 Å². The van der Waals surface area contributed by atoms with Gasteiger partial charge >= 0.3 is 0 Å². The SMILES string of the molecule is C=CC(CC)c1ccc(-c2ccc(C#C[C@H]3CC[C@H](OCC)CC3)cc2)cc1. The Hall–Kier alpha value is -2.30. The summed E-state index contributed by atoms with van der Waals surface area (Å²) in [6, 6.07) is 17.5. The maximum atomic E-state index is 5.73. The van der Waals surface area contributed by atoms with Crippen LogP contribution in [0.3, 0.4) is 0 Å². The molecule has 0 heterocycles. The average molecular weight is 373 g/mol. The van der Waals surface area contributed by atoms with Gasteiger partial charge in [-0.2, -0.15) is 0 Å². The molecule has 0 bridgehead atoms. The fourth-order valence-electron chi connectivity index (χ4n) is 4.00. The van der Waals surface area contributed by atoms with Crippen LogP contribution in [0.5, 0.6) is 0 Å². The summed E-state index contributed by atoms with van der Waals surface area (Å²) < 4.78 is 5.73. The number of benzene rings is 2. The monoisotopic (exact) mass is 372 g/mol. The molecule has 1 nitrogen and oxygen atoms in total. The topological polar surface area (TPSA) is 9.23 Å². The first-order chi connectivity index (χ1) is 13.7. The summed E-state index contributed by atoms with van der Waals surface area (Å²) in [7, 11) is 0. The molecule has 1 unspecified atom stereocenters. The normalized spacial score (nSPS) is 20.1. The van der Waals surface area contributed by atoms with Gasteiger partial charge in [0.25, 0.3) is 0 Å². The number of ether oxygens (including phenoxy) is 1. The number of rotatable bonds is 6. The Morgan fingerprint density at radius 2 is 1.57 bits per heavy atom. The van der Waals surface area contributed by atoms with Crippen molar-refractivity contribution >= 4 is 0 Å². The van der Waals surface area contributed by atoms with Crippen molar-refractivity contribution in [1.29, 1.82) is 0 Å². The summed E-state index contributed by atoms with van der Waals surface area (Å²) in [5.41, 5.74) is 4.92. The molecular weight excluding hydrogens is 340 g/mol. The summed E-state index contributed by atoms with van der Waals surface area (Å²) >= 11 is 0. The van der Waals surface area contributed by atoms with Crippen LogP contribution >= 0.6 is 0 Å². The van der Waals surface area contributed by atoms with E-state index in [0.717, 1.165) is 44.3 Å². The van der Waals surface area contributed by atoms with Gasteiger partial charge in [-0.3, -0.25) is 0 Å². The van der Waals surface area contributed by atoms with Crippen molar-refractivity contribution in [3.8, 4) is 23.0 Å². The molecule has 28 heavy (non-hydrogen) atoms. The third-order valence-corrected chi connectivity index (χ3v) is 5.78. The van der Waals surface area contributed by atoms with Crippen molar-refractivity contribution in [2.75, 3.05) is 6.61 Å². The standard InChI is InChI=1S/C27H32O/c1-4-23(5-2)24-15-17-26(18-16-24)25-13-9-21(10-14-25)7-8-22-11-19-27(20-12-22)28-6-3/h4,9-10,13-18,22-23,27H,1,5-6,11-12,19-20H2,2-3H3/t22-,23?,27-. The molecule has 0 spiro atoms. The molecule has 1 fully saturated rings. The fraction of sp³-hybridized carbons (Fsp3) is 0.407. The van der Waals surface area contributed by atoms with Gasteiger partial charge in [0.15, 0.2) is 0 Å².